The van der Waals surface area contributed by atoms with Gasteiger partial charge in [-0.15, -0.1) is 0 Å². The van der Waals surface area contributed by atoms with Crippen molar-refractivity contribution in [1.29, 1.82) is 0 Å². The quantitative estimate of drug-likeness (QED) is 0.860. The average Bonchev–Trinajstić information content (AvgIpc) is 3.12. The topological polar surface area (TPSA) is 84.7 Å². The molecule has 1 heterocycles. The molecule has 6 heteroatoms. The first-order valence-electron chi connectivity index (χ1n) is 9.22. The van der Waals surface area contributed by atoms with Crippen molar-refractivity contribution in [3.8, 4) is 5.75 Å². The SMILES string of the molecule is NC(=O)COc1ccc(NC(=O)N2CCCC2C2CCCCC2)cc1. The van der Waals surface area contributed by atoms with Crippen LogP contribution in [0.3, 0.4) is 0 Å². The predicted molar refractivity (Wildman–Crippen MR) is 96.5 cm³/mol. The Morgan fingerprint density at radius 2 is 1.80 bits per heavy atom. The first kappa shape index (κ1) is 17.6. The molecule has 1 aliphatic heterocycles. The van der Waals surface area contributed by atoms with E-state index in [0.717, 1.165) is 25.1 Å². The molecule has 1 unspecified atom stereocenters. The summed E-state index contributed by atoms with van der Waals surface area (Å²) in [6.07, 6.45) is 8.64. The minimum atomic E-state index is -0.514. The molecule has 25 heavy (non-hydrogen) atoms. The molecule has 136 valence electrons. The smallest absolute Gasteiger partial charge is 0.322 e. The Morgan fingerprint density at radius 3 is 2.48 bits per heavy atom. The van der Waals surface area contributed by atoms with Crippen LogP contribution in [0.4, 0.5) is 10.5 Å². The number of urea groups is 1. The number of hydrogen-bond donors (Lipinski definition) is 2. The molecule has 2 aliphatic rings. The zero-order chi connectivity index (χ0) is 17.6. The van der Waals surface area contributed by atoms with Crippen LogP contribution in [0.5, 0.6) is 5.75 Å². The molecule has 1 aliphatic carbocycles. The molecule has 3 N–H and O–H groups in total. The minimum Gasteiger partial charge on any atom is -0.484 e. The Hall–Kier alpha value is -2.24. The van der Waals surface area contributed by atoms with Crippen LogP contribution in [-0.2, 0) is 4.79 Å². The minimum absolute atomic E-state index is 0.0149. The zero-order valence-corrected chi connectivity index (χ0v) is 14.6. The van der Waals surface area contributed by atoms with Gasteiger partial charge in [0.2, 0.25) is 0 Å². The normalized spacial score (nSPS) is 21.1. The fourth-order valence-electron chi connectivity index (χ4n) is 4.04. The maximum atomic E-state index is 12.7. The molecule has 1 saturated heterocycles. The standard InChI is InChI=1S/C19H27N3O3/c20-18(23)13-25-16-10-8-15(9-11-16)21-19(24)22-12-4-7-17(22)14-5-2-1-3-6-14/h8-11,14,17H,1-7,12-13H2,(H2,20,23)(H,21,24). The number of ether oxygens (including phenoxy) is 1. The molecule has 0 bridgehead atoms. The number of carbonyl (C=O) groups excluding carboxylic acids is 2. The fourth-order valence-corrected chi connectivity index (χ4v) is 4.04. The number of nitrogens with zero attached hydrogens (tertiary/aromatic N) is 1. The van der Waals surface area contributed by atoms with E-state index in [1.165, 1.54) is 32.1 Å². The maximum absolute atomic E-state index is 12.7. The summed E-state index contributed by atoms with van der Waals surface area (Å²) >= 11 is 0. The van der Waals surface area contributed by atoms with Gasteiger partial charge in [0.05, 0.1) is 0 Å². The molecule has 3 amide bonds. The lowest BCUT2D eigenvalue weighted by Gasteiger charge is -2.34. The Kier molecular flexibility index (Phi) is 5.79. The molecule has 2 fully saturated rings. The van der Waals surface area contributed by atoms with E-state index in [2.05, 4.69) is 5.32 Å². The summed E-state index contributed by atoms with van der Waals surface area (Å²) < 4.78 is 5.23. The third kappa shape index (κ3) is 4.65. The highest BCUT2D eigenvalue weighted by atomic mass is 16.5. The summed E-state index contributed by atoms with van der Waals surface area (Å²) in [5.74, 6) is 0.699. The first-order valence-corrected chi connectivity index (χ1v) is 9.22. The van der Waals surface area contributed by atoms with E-state index in [0.29, 0.717) is 17.7 Å². The third-order valence-electron chi connectivity index (χ3n) is 5.24. The van der Waals surface area contributed by atoms with E-state index in [4.69, 9.17) is 10.5 Å². The summed E-state index contributed by atoms with van der Waals surface area (Å²) in [7, 11) is 0. The molecule has 1 aromatic rings. The summed E-state index contributed by atoms with van der Waals surface area (Å²) in [6.45, 7) is 0.690. The number of likely N-dealkylation sites (tertiary alicyclic amines) is 1. The van der Waals surface area contributed by atoms with Crippen LogP contribution in [-0.4, -0.2) is 36.0 Å². The predicted octanol–water partition coefficient (Wildman–Crippen LogP) is 3.13. The van der Waals surface area contributed by atoms with Crippen LogP contribution >= 0.6 is 0 Å². The molecular weight excluding hydrogens is 318 g/mol. The van der Waals surface area contributed by atoms with Gasteiger partial charge in [0.1, 0.15) is 5.75 Å². The van der Waals surface area contributed by atoms with Crippen molar-refractivity contribution in [3.05, 3.63) is 24.3 Å². The van der Waals surface area contributed by atoms with Gasteiger partial charge in [-0.3, -0.25) is 4.79 Å². The number of nitrogens with two attached hydrogens (primary N) is 1. The van der Waals surface area contributed by atoms with E-state index in [9.17, 15) is 9.59 Å². The second-order valence-corrected chi connectivity index (χ2v) is 7.01. The first-order chi connectivity index (χ1) is 12.1. The molecule has 0 spiro atoms. The number of hydrogen-bond acceptors (Lipinski definition) is 3. The third-order valence-corrected chi connectivity index (χ3v) is 5.24. The molecule has 3 rings (SSSR count). The van der Waals surface area contributed by atoms with Gasteiger partial charge in [0, 0.05) is 18.3 Å². The van der Waals surface area contributed by atoms with E-state index in [-0.39, 0.29) is 12.6 Å². The van der Waals surface area contributed by atoms with E-state index in [1.54, 1.807) is 24.3 Å². The van der Waals surface area contributed by atoms with Crippen LogP contribution in [0.25, 0.3) is 0 Å². The largest absolute Gasteiger partial charge is 0.484 e. The average molecular weight is 345 g/mol. The fraction of sp³-hybridized carbons (Fsp3) is 0.579. The van der Waals surface area contributed by atoms with Crippen molar-refractivity contribution in [2.45, 2.75) is 51.0 Å². The van der Waals surface area contributed by atoms with Crippen molar-refractivity contribution < 1.29 is 14.3 Å². The van der Waals surface area contributed by atoms with Crippen LogP contribution in [0.1, 0.15) is 44.9 Å². The Labute approximate surface area is 148 Å². The monoisotopic (exact) mass is 345 g/mol. The van der Waals surface area contributed by atoms with E-state index >= 15 is 0 Å². The van der Waals surface area contributed by atoms with Crippen molar-refractivity contribution in [2.75, 3.05) is 18.5 Å². The van der Waals surface area contributed by atoms with Crippen LogP contribution in [0.15, 0.2) is 24.3 Å². The lowest BCUT2D eigenvalue weighted by atomic mass is 9.83. The summed E-state index contributed by atoms with van der Waals surface area (Å²) in [4.78, 5) is 25.4. The Morgan fingerprint density at radius 1 is 1.08 bits per heavy atom. The van der Waals surface area contributed by atoms with Gasteiger partial charge in [-0.1, -0.05) is 19.3 Å². The highest BCUT2D eigenvalue weighted by molar-refractivity contribution is 5.89. The second kappa shape index (κ2) is 8.23. The zero-order valence-electron chi connectivity index (χ0n) is 14.6. The van der Waals surface area contributed by atoms with Crippen molar-refractivity contribution in [2.24, 2.45) is 11.7 Å². The maximum Gasteiger partial charge on any atom is 0.322 e. The van der Waals surface area contributed by atoms with Crippen molar-refractivity contribution >= 4 is 17.6 Å². The molecule has 0 aromatic heterocycles. The van der Waals surface area contributed by atoms with Gasteiger partial charge in [0.25, 0.3) is 5.91 Å². The number of benzene rings is 1. The van der Waals surface area contributed by atoms with Crippen LogP contribution in [0.2, 0.25) is 0 Å². The van der Waals surface area contributed by atoms with Gasteiger partial charge in [-0.2, -0.15) is 0 Å². The molecule has 6 nitrogen and oxygen atoms in total. The van der Waals surface area contributed by atoms with Crippen LogP contribution in [0, 0.1) is 5.92 Å². The molecule has 1 aromatic carbocycles. The highest BCUT2D eigenvalue weighted by Gasteiger charge is 2.35. The molecule has 0 radical (unpaired) electrons. The molecule has 1 saturated carbocycles. The molecular formula is C19H27N3O3. The number of carbonyl (C=O) groups is 2. The summed E-state index contributed by atoms with van der Waals surface area (Å²) in [5.41, 5.74) is 5.78. The highest BCUT2D eigenvalue weighted by Crippen LogP contribution is 2.34. The number of rotatable bonds is 5. The number of amides is 3. The number of anilines is 1. The van der Waals surface area contributed by atoms with E-state index in [1.807, 2.05) is 4.90 Å². The van der Waals surface area contributed by atoms with Gasteiger partial charge in [-0.05, 0) is 55.9 Å². The van der Waals surface area contributed by atoms with Crippen LogP contribution < -0.4 is 15.8 Å². The van der Waals surface area contributed by atoms with Gasteiger partial charge in [-0.25, -0.2) is 4.79 Å². The van der Waals surface area contributed by atoms with Crippen molar-refractivity contribution in [1.82, 2.24) is 4.90 Å². The van der Waals surface area contributed by atoms with Gasteiger partial charge in [0.15, 0.2) is 6.61 Å². The number of nitrogens with one attached hydrogen (secondary N) is 1. The lowest BCUT2D eigenvalue weighted by molar-refractivity contribution is -0.119. The Balaban J connectivity index is 1.56. The lowest BCUT2D eigenvalue weighted by Crippen LogP contribution is -2.43. The summed E-state index contributed by atoms with van der Waals surface area (Å²) in [6, 6.07) is 7.37. The summed E-state index contributed by atoms with van der Waals surface area (Å²) in [5, 5.41) is 2.98. The van der Waals surface area contributed by atoms with Gasteiger partial charge < -0.3 is 20.7 Å². The second-order valence-electron chi connectivity index (χ2n) is 7.01. The van der Waals surface area contributed by atoms with E-state index < -0.39 is 5.91 Å². The molecule has 1 atom stereocenters. The van der Waals surface area contributed by atoms with Crippen molar-refractivity contribution in [3.63, 3.8) is 0 Å². The van der Waals surface area contributed by atoms with Gasteiger partial charge >= 0.3 is 6.03 Å². The number of primary amides is 1. The Bertz CT molecular complexity index is 596.